The monoisotopic (exact) mass is 500 g/mol. The average molecular weight is 501 g/mol. The van der Waals surface area contributed by atoms with Gasteiger partial charge in [-0.05, 0) is 47.0 Å². The van der Waals surface area contributed by atoms with Gasteiger partial charge in [0.2, 0.25) is 5.43 Å². The van der Waals surface area contributed by atoms with Crippen LogP contribution < -0.4 is 14.9 Å². The van der Waals surface area contributed by atoms with E-state index >= 15 is 0 Å². The van der Waals surface area contributed by atoms with Crippen LogP contribution in [0.3, 0.4) is 0 Å². The van der Waals surface area contributed by atoms with Crippen LogP contribution >= 0.6 is 0 Å². The Morgan fingerprint density at radius 2 is 1.39 bits per heavy atom. The third kappa shape index (κ3) is 5.04. The lowest BCUT2D eigenvalue weighted by Crippen LogP contribution is -2.05. The average Bonchev–Trinajstić information content (AvgIpc) is 2.96. The Bertz CT molecular complexity index is 1780. The Balaban J connectivity index is 1.54. The third-order valence-electron chi connectivity index (χ3n) is 5.89. The number of hydrogen-bond donors (Lipinski definition) is 1. The second kappa shape index (κ2) is 10.6. The van der Waals surface area contributed by atoms with E-state index in [-0.39, 0.29) is 41.6 Å². The number of ether oxygens (including phenoxy) is 2. The standard InChI is InChI=1S/C31H20N2O5/c32-16-20-6-4-8-22(12-20)18-36-28-15-26(34)29-27(38-28)14-25(24-10-2-1-3-11-24)31(30(29)35)37-19-23-9-5-7-21(13-23)17-33/h1-15,35H,18-19H2. The highest BCUT2D eigenvalue weighted by Crippen LogP contribution is 2.43. The molecule has 7 heteroatoms. The topological polar surface area (TPSA) is 116 Å². The Morgan fingerprint density at radius 3 is 2.03 bits per heavy atom. The molecule has 0 aliphatic carbocycles. The van der Waals surface area contributed by atoms with E-state index in [0.717, 1.165) is 16.7 Å². The van der Waals surface area contributed by atoms with E-state index in [9.17, 15) is 15.2 Å². The zero-order valence-corrected chi connectivity index (χ0v) is 20.0. The number of hydrogen-bond acceptors (Lipinski definition) is 7. The molecule has 38 heavy (non-hydrogen) atoms. The number of benzene rings is 4. The number of fused-ring (bicyclic) bond motifs is 1. The van der Waals surface area contributed by atoms with Crippen LogP contribution in [0.15, 0.2) is 100 Å². The lowest BCUT2D eigenvalue weighted by atomic mass is 10.0. The summed E-state index contributed by atoms with van der Waals surface area (Å²) in [5, 5.41) is 29.4. The van der Waals surface area contributed by atoms with Crippen molar-refractivity contribution >= 4 is 11.0 Å². The molecule has 0 saturated heterocycles. The molecule has 0 fully saturated rings. The second-order valence-corrected chi connectivity index (χ2v) is 8.47. The molecule has 5 rings (SSSR count). The Labute approximate surface area is 218 Å². The minimum atomic E-state index is -0.500. The summed E-state index contributed by atoms with van der Waals surface area (Å²) in [6, 6.07) is 30.1. The summed E-state index contributed by atoms with van der Waals surface area (Å²) in [5.41, 5.74) is 3.36. The van der Waals surface area contributed by atoms with Crippen LogP contribution in [0.4, 0.5) is 0 Å². The molecule has 0 aliphatic heterocycles. The van der Waals surface area contributed by atoms with Gasteiger partial charge >= 0.3 is 0 Å². The molecular weight excluding hydrogens is 480 g/mol. The predicted octanol–water partition coefficient (Wildman–Crippen LogP) is 6.07. The summed E-state index contributed by atoms with van der Waals surface area (Å²) in [6.07, 6.45) is 0. The smallest absolute Gasteiger partial charge is 0.289 e. The van der Waals surface area contributed by atoms with Gasteiger partial charge in [0.15, 0.2) is 11.5 Å². The predicted molar refractivity (Wildman–Crippen MR) is 141 cm³/mol. The van der Waals surface area contributed by atoms with Crippen molar-refractivity contribution in [3.63, 3.8) is 0 Å². The first kappa shape index (κ1) is 24.2. The van der Waals surface area contributed by atoms with E-state index in [1.165, 1.54) is 6.07 Å². The molecule has 1 heterocycles. The van der Waals surface area contributed by atoms with Gasteiger partial charge in [0.1, 0.15) is 24.2 Å². The Hall–Kier alpha value is -5.53. The van der Waals surface area contributed by atoms with Gasteiger partial charge in [-0.25, -0.2) is 0 Å². The lowest BCUT2D eigenvalue weighted by molar-refractivity contribution is 0.235. The molecule has 0 saturated carbocycles. The molecule has 0 bridgehead atoms. The van der Waals surface area contributed by atoms with E-state index in [1.54, 1.807) is 48.5 Å². The summed E-state index contributed by atoms with van der Waals surface area (Å²) in [7, 11) is 0. The Kier molecular flexibility index (Phi) is 6.75. The van der Waals surface area contributed by atoms with Gasteiger partial charge < -0.3 is 19.0 Å². The summed E-state index contributed by atoms with van der Waals surface area (Å²) in [5.74, 6) is -0.245. The summed E-state index contributed by atoms with van der Waals surface area (Å²) in [4.78, 5) is 13.1. The summed E-state index contributed by atoms with van der Waals surface area (Å²) in [6.45, 7) is 0.160. The van der Waals surface area contributed by atoms with Crippen LogP contribution in [0.5, 0.6) is 17.4 Å². The molecular formula is C31H20N2O5. The van der Waals surface area contributed by atoms with Gasteiger partial charge in [0.05, 0.1) is 29.3 Å². The minimum Gasteiger partial charge on any atom is -0.504 e. The highest BCUT2D eigenvalue weighted by atomic mass is 16.6. The van der Waals surface area contributed by atoms with Crippen molar-refractivity contribution in [2.45, 2.75) is 13.2 Å². The molecule has 0 radical (unpaired) electrons. The van der Waals surface area contributed by atoms with E-state index < -0.39 is 5.43 Å². The fourth-order valence-electron chi connectivity index (χ4n) is 4.08. The van der Waals surface area contributed by atoms with Crippen molar-refractivity contribution in [2.24, 2.45) is 0 Å². The SMILES string of the molecule is N#Cc1cccc(COc2cc(=O)c3c(O)c(OCc4cccc(C#N)c4)c(-c4ccccc4)cc3o2)c1. The fraction of sp³-hybridized carbons (Fsp3) is 0.0645. The van der Waals surface area contributed by atoms with Crippen LogP contribution in [-0.2, 0) is 13.2 Å². The van der Waals surface area contributed by atoms with Crippen LogP contribution in [0, 0.1) is 22.7 Å². The maximum Gasteiger partial charge on any atom is 0.289 e. The van der Waals surface area contributed by atoms with Crippen molar-refractivity contribution in [1.29, 1.82) is 10.5 Å². The molecule has 7 nitrogen and oxygen atoms in total. The molecule has 0 spiro atoms. The van der Waals surface area contributed by atoms with E-state index in [0.29, 0.717) is 16.7 Å². The normalized spacial score (nSPS) is 10.5. The van der Waals surface area contributed by atoms with Crippen LogP contribution in [-0.4, -0.2) is 5.11 Å². The highest BCUT2D eigenvalue weighted by molar-refractivity contribution is 5.93. The number of nitrogens with zero attached hydrogens (tertiary/aromatic N) is 2. The molecule has 4 aromatic carbocycles. The summed E-state index contributed by atoms with van der Waals surface area (Å²) >= 11 is 0. The van der Waals surface area contributed by atoms with Crippen LogP contribution in [0.1, 0.15) is 22.3 Å². The maximum atomic E-state index is 13.1. The molecule has 5 aromatic rings. The quantitative estimate of drug-likeness (QED) is 0.288. The lowest BCUT2D eigenvalue weighted by Gasteiger charge is -2.16. The fourth-order valence-corrected chi connectivity index (χ4v) is 4.08. The zero-order valence-electron chi connectivity index (χ0n) is 20.0. The number of nitriles is 2. The van der Waals surface area contributed by atoms with Crippen molar-refractivity contribution in [3.8, 4) is 40.7 Å². The van der Waals surface area contributed by atoms with Crippen LogP contribution in [0.2, 0.25) is 0 Å². The van der Waals surface area contributed by atoms with Gasteiger partial charge in [0.25, 0.3) is 5.95 Å². The molecule has 0 aliphatic rings. The largest absolute Gasteiger partial charge is 0.504 e. The number of phenols is 1. The highest BCUT2D eigenvalue weighted by Gasteiger charge is 2.21. The molecule has 0 unspecified atom stereocenters. The molecule has 184 valence electrons. The number of rotatable bonds is 7. The van der Waals surface area contributed by atoms with Gasteiger partial charge in [0, 0.05) is 5.56 Å². The third-order valence-corrected chi connectivity index (χ3v) is 5.89. The van der Waals surface area contributed by atoms with Gasteiger partial charge in [-0.15, -0.1) is 0 Å². The first-order valence-corrected chi connectivity index (χ1v) is 11.7. The van der Waals surface area contributed by atoms with E-state index in [2.05, 4.69) is 12.1 Å². The van der Waals surface area contributed by atoms with E-state index in [4.69, 9.17) is 19.2 Å². The maximum absolute atomic E-state index is 13.1. The van der Waals surface area contributed by atoms with Crippen molar-refractivity contribution in [3.05, 3.63) is 123 Å². The van der Waals surface area contributed by atoms with Crippen LogP contribution in [0.25, 0.3) is 22.1 Å². The van der Waals surface area contributed by atoms with Crippen molar-refractivity contribution in [1.82, 2.24) is 0 Å². The zero-order chi connectivity index (χ0) is 26.5. The second-order valence-electron chi connectivity index (χ2n) is 8.47. The van der Waals surface area contributed by atoms with Crippen molar-refractivity contribution < 1.29 is 19.0 Å². The van der Waals surface area contributed by atoms with Gasteiger partial charge in [-0.1, -0.05) is 54.6 Å². The molecule has 1 N–H and O–H groups in total. The number of phenolic OH excluding ortho intramolecular Hbond substituents is 1. The van der Waals surface area contributed by atoms with Gasteiger partial charge in [-0.2, -0.15) is 10.5 Å². The number of aromatic hydroxyl groups is 1. The molecule has 0 amide bonds. The molecule has 0 atom stereocenters. The Morgan fingerprint density at radius 1 is 0.763 bits per heavy atom. The molecule has 1 aromatic heterocycles. The first-order chi connectivity index (χ1) is 18.6. The van der Waals surface area contributed by atoms with E-state index in [1.807, 2.05) is 36.4 Å². The van der Waals surface area contributed by atoms with Gasteiger partial charge in [-0.3, -0.25) is 4.79 Å². The van der Waals surface area contributed by atoms with Crippen molar-refractivity contribution in [2.75, 3.05) is 0 Å². The minimum absolute atomic E-state index is 0.0229. The first-order valence-electron chi connectivity index (χ1n) is 11.7. The summed E-state index contributed by atoms with van der Waals surface area (Å²) < 4.78 is 17.6.